The first-order chi connectivity index (χ1) is 13.0. The van der Waals surface area contributed by atoms with Crippen LogP contribution in [0.15, 0.2) is 42.5 Å². The van der Waals surface area contributed by atoms with Gasteiger partial charge in [0.1, 0.15) is 16.4 Å². The largest absolute Gasteiger partial charge is 0.508 e. The van der Waals surface area contributed by atoms with Crippen molar-refractivity contribution in [1.82, 2.24) is 10.6 Å². The number of phenolic OH excluding ortho intramolecular Hbond substituents is 1. The lowest BCUT2D eigenvalue weighted by Crippen LogP contribution is -2.29. The Bertz CT molecular complexity index is 1010. The number of amides is 2. The van der Waals surface area contributed by atoms with E-state index in [1.165, 1.54) is 24.3 Å². The highest BCUT2D eigenvalue weighted by atomic mass is 35.5. The summed E-state index contributed by atoms with van der Waals surface area (Å²) < 4.78 is 13.9. The summed E-state index contributed by atoms with van der Waals surface area (Å²) in [6.07, 6.45) is 0.521. The molecule has 0 aliphatic heterocycles. The molecule has 8 heteroatoms. The molecule has 2 aromatic carbocycles. The molecular formula is C19H16ClFN2O3S. The van der Waals surface area contributed by atoms with E-state index in [1.807, 2.05) is 0 Å². The van der Waals surface area contributed by atoms with Gasteiger partial charge in [0.2, 0.25) is 0 Å². The number of carbonyl (C=O) groups is 2. The Morgan fingerprint density at radius 1 is 1.07 bits per heavy atom. The van der Waals surface area contributed by atoms with E-state index in [1.54, 1.807) is 18.2 Å². The van der Waals surface area contributed by atoms with Crippen molar-refractivity contribution < 1.29 is 19.1 Å². The molecule has 5 nitrogen and oxygen atoms in total. The van der Waals surface area contributed by atoms with Crippen LogP contribution in [0.2, 0.25) is 5.02 Å². The second-order valence-electron chi connectivity index (χ2n) is 5.80. The Labute approximate surface area is 163 Å². The molecule has 0 radical (unpaired) electrons. The maximum absolute atomic E-state index is 13.3. The van der Waals surface area contributed by atoms with Gasteiger partial charge in [-0.2, -0.15) is 0 Å². The van der Waals surface area contributed by atoms with Crippen molar-refractivity contribution in [1.29, 1.82) is 0 Å². The minimum atomic E-state index is -0.380. The number of rotatable bonds is 6. The molecule has 0 atom stereocenters. The van der Waals surface area contributed by atoms with E-state index in [9.17, 15) is 19.1 Å². The third kappa shape index (κ3) is 4.56. The van der Waals surface area contributed by atoms with Crippen LogP contribution in [0.5, 0.6) is 5.75 Å². The Balaban J connectivity index is 1.49. The Morgan fingerprint density at radius 2 is 1.81 bits per heavy atom. The van der Waals surface area contributed by atoms with Gasteiger partial charge >= 0.3 is 0 Å². The zero-order valence-electron chi connectivity index (χ0n) is 14.1. The van der Waals surface area contributed by atoms with Crippen LogP contribution in [0.4, 0.5) is 4.39 Å². The van der Waals surface area contributed by atoms with Gasteiger partial charge in [0.05, 0.1) is 5.02 Å². The lowest BCUT2D eigenvalue weighted by atomic mass is 10.2. The van der Waals surface area contributed by atoms with Crippen LogP contribution in [-0.4, -0.2) is 30.0 Å². The van der Waals surface area contributed by atoms with Crippen LogP contribution in [0.3, 0.4) is 0 Å². The summed E-state index contributed by atoms with van der Waals surface area (Å²) in [6, 6.07) is 10.3. The zero-order chi connectivity index (χ0) is 19.4. The summed E-state index contributed by atoms with van der Waals surface area (Å²) in [5, 5.41) is 15.8. The lowest BCUT2D eigenvalue weighted by molar-refractivity contribution is 0.0952. The second kappa shape index (κ2) is 8.37. The van der Waals surface area contributed by atoms with Crippen molar-refractivity contribution in [2.45, 2.75) is 6.42 Å². The van der Waals surface area contributed by atoms with Crippen molar-refractivity contribution in [3.05, 3.63) is 63.7 Å². The predicted molar refractivity (Wildman–Crippen MR) is 104 cm³/mol. The lowest BCUT2D eigenvalue weighted by Gasteiger charge is -2.07. The van der Waals surface area contributed by atoms with E-state index in [-0.39, 0.29) is 23.4 Å². The summed E-state index contributed by atoms with van der Waals surface area (Å²) >= 11 is 7.35. The number of hydrogen-bond acceptors (Lipinski definition) is 4. The minimum Gasteiger partial charge on any atom is -0.508 e. The maximum atomic E-state index is 13.3. The van der Waals surface area contributed by atoms with Crippen LogP contribution in [0.25, 0.3) is 10.1 Å². The van der Waals surface area contributed by atoms with E-state index >= 15 is 0 Å². The van der Waals surface area contributed by atoms with Crippen molar-refractivity contribution in [3.63, 3.8) is 0 Å². The fourth-order valence-electron chi connectivity index (χ4n) is 2.51. The molecule has 140 valence electrons. The average Bonchev–Trinajstić information content (AvgIpc) is 2.97. The number of aromatic hydroxyl groups is 1. The van der Waals surface area contributed by atoms with Gasteiger partial charge in [-0.15, -0.1) is 11.3 Å². The molecule has 0 fully saturated rings. The summed E-state index contributed by atoms with van der Waals surface area (Å²) in [6.45, 7) is 0.707. The molecule has 3 N–H and O–H groups in total. The molecule has 0 unspecified atom stereocenters. The molecule has 1 aromatic heterocycles. The molecule has 0 saturated heterocycles. The first-order valence-electron chi connectivity index (χ1n) is 8.18. The summed E-state index contributed by atoms with van der Waals surface area (Å²) in [5.74, 6) is -0.988. The second-order valence-corrected chi connectivity index (χ2v) is 7.23. The highest BCUT2D eigenvalue weighted by Gasteiger charge is 2.17. The van der Waals surface area contributed by atoms with Gasteiger partial charge in [0.25, 0.3) is 11.8 Å². The third-order valence-corrected chi connectivity index (χ3v) is 5.49. The molecule has 0 aliphatic carbocycles. The average molecular weight is 407 g/mol. The minimum absolute atomic E-state index is 0.0232. The summed E-state index contributed by atoms with van der Waals surface area (Å²) in [5.41, 5.74) is 0.364. The number of halogens is 2. The van der Waals surface area contributed by atoms with Crippen molar-refractivity contribution in [2.75, 3.05) is 13.1 Å². The zero-order valence-corrected chi connectivity index (χ0v) is 15.7. The highest BCUT2D eigenvalue weighted by Crippen LogP contribution is 2.35. The van der Waals surface area contributed by atoms with Crippen LogP contribution in [0.1, 0.15) is 26.5 Å². The first kappa shape index (κ1) is 19.1. The van der Waals surface area contributed by atoms with Gasteiger partial charge in [0, 0.05) is 28.7 Å². The summed E-state index contributed by atoms with van der Waals surface area (Å²) in [4.78, 5) is 24.5. The molecular weight excluding hydrogens is 391 g/mol. The number of phenols is 1. The van der Waals surface area contributed by atoms with Gasteiger partial charge in [-0.3, -0.25) is 9.59 Å². The SMILES string of the molecule is O=C(NCCCNC(=O)c1sc2cc(F)ccc2c1Cl)c1cccc(O)c1. The van der Waals surface area contributed by atoms with E-state index in [0.29, 0.717) is 45.1 Å². The topological polar surface area (TPSA) is 78.4 Å². The highest BCUT2D eigenvalue weighted by molar-refractivity contribution is 7.21. The normalized spacial score (nSPS) is 10.7. The molecule has 0 bridgehead atoms. The van der Waals surface area contributed by atoms with Gasteiger partial charge in [-0.1, -0.05) is 17.7 Å². The number of hydrogen-bond donors (Lipinski definition) is 3. The van der Waals surface area contributed by atoms with Crippen molar-refractivity contribution in [2.24, 2.45) is 0 Å². The van der Waals surface area contributed by atoms with Gasteiger partial charge in [-0.25, -0.2) is 4.39 Å². The van der Waals surface area contributed by atoms with Crippen LogP contribution >= 0.6 is 22.9 Å². The van der Waals surface area contributed by atoms with Crippen molar-refractivity contribution in [3.8, 4) is 5.75 Å². The molecule has 0 spiro atoms. The molecule has 27 heavy (non-hydrogen) atoms. The summed E-state index contributed by atoms with van der Waals surface area (Å²) in [7, 11) is 0. The number of nitrogens with one attached hydrogen (secondary N) is 2. The molecule has 1 heterocycles. The molecule has 3 rings (SSSR count). The Kier molecular flexibility index (Phi) is 5.93. The Hall–Kier alpha value is -2.64. The van der Waals surface area contributed by atoms with E-state index in [2.05, 4.69) is 10.6 Å². The van der Waals surface area contributed by atoms with Gasteiger partial charge in [-0.05, 0) is 42.8 Å². The van der Waals surface area contributed by atoms with Gasteiger partial charge < -0.3 is 15.7 Å². The molecule has 0 saturated carbocycles. The van der Waals surface area contributed by atoms with Crippen LogP contribution in [0, 0.1) is 5.82 Å². The molecule has 2 amide bonds. The Morgan fingerprint density at radius 3 is 2.56 bits per heavy atom. The molecule has 3 aromatic rings. The standard InChI is InChI=1S/C19H16ClFN2O3S/c20-16-14-6-5-12(21)10-15(14)27-17(16)19(26)23-8-2-7-22-18(25)11-3-1-4-13(24)9-11/h1,3-6,9-10,24H,2,7-8H2,(H,22,25)(H,23,26). The van der Waals surface area contributed by atoms with Crippen LogP contribution in [-0.2, 0) is 0 Å². The van der Waals surface area contributed by atoms with E-state index in [0.717, 1.165) is 11.3 Å². The number of fused-ring (bicyclic) bond motifs is 1. The number of benzene rings is 2. The number of carbonyl (C=O) groups excluding carboxylic acids is 2. The molecule has 0 aliphatic rings. The monoisotopic (exact) mass is 406 g/mol. The van der Waals surface area contributed by atoms with Gasteiger partial charge in [0.15, 0.2) is 0 Å². The third-order valence-electron chi connectivity index (χ3n) is 3.83. The number of thiophene rings is 1. The quantitative estimate of drug-likeness (QED) is 0.542. The van der Waals surface area contributed by atoms with Crippen molar-refractivity contribution >= 4 is 44.8 Å². The fourth-order valence-corrected chi connectivity index (χ4v) is 3.97. The predicted octanol–water partition coefficient (Wildman–Crippen LogP) is 3.95. The van der Waals surface area contributed by atoms with E-state index < -0.39 is 0 Å². The van der Waals surface area contributed by atoms with Crippen LogP contribution < -0.4 is 10.6 Å². The van der Waals surface area contributed by atoms with E-state index in [4.69, 9.17) is 11.6 Å². The fraction of sp³-hybridized carbons (Fsp3) is 0.158. The smallest absolute Gasteiger partial charge is 0.262 e. The first-order valence-corrected chi connectivity index (χ1v) is 9.38. The maximum Gasteiger partial charge on any atom is 0.262 e.